The Kier molecular flexibility index (Phi) is 2.76. The summed E-state index contributed by atoms with van der Waals surface area (Å²) in [6, 6.07) is 0. The van der Waals surface area contributed by atoms with E-state index in [1.165, 1.54) is 0 Å². The molecule has 1 fully saturated rings. The maximum Gasteiger partial charge on any atom is 0.302 e. The van der Waals surface area contributed by atoms with E-state index in [2.05, 4.69) is 0 Å². The van der Waals surface area contributed by atoms with Crippen LogP contribution in [0.1, 0.15) is 39.0 Å². The van der Waals surface area contributed by atoms with E-state index in [4.69, 9.17) is 0 Å². The van der Waals surface area contributed by atoms with Crippen LogP contribution in [0.4, 0.5) is 3.89 Å². The summed E-state index contributed by atoms with van der Waals surface area (Å²) in [5, 5.41) is 0. The lowest BCUT2D eigenvalue weighted by Crippen LogP contribution is -2.35. The summed E-state index contributed by atoms with van der Waals surface area (Å²) in [6.45, 7) is 2.00. The van der Waals surface area contributed by atoms with E-state index in [0.29, 0.717) is 0 Å². The number of hydrogen-bond acceptors (Lipinski definition) is 2. The third-order valence-corrected chi connectivity index (χ3v) is 3.63. The summed E-state index contributed by atoms with van der Waals surface area (Å²) in [5.41, 5.74) is -0.206. The van der Waals surface area contributed by atoms with E-state index in [1.54, 1.807) is 0 Å². The summed E-state index contributed by atoms with van der Waals surface area (Å²) >= 11 is 0. The minimum absolute atomic E-state index is 0.206. The average Bonchev–Trinajstić information content (AvgIpc) is 1.80. The molecule has 0 heterocycles. The van der Waals surface area contributed by atoms with Gasteiger partial charge in [-0.1, -0.05) is 19.8 Å². The Morgan fingerprint density at radius 2 is 2.00 bits per heavy atom. The lowest BCUT2D eigenvalue weighted by atomic mass is 9.68. The topological polar surface area (TPSA) is 34.1 Å². The maximum atomic E-state index is 12.4. The van der Waals surface area contributed by atoms with Crippen LogP contribution in [0.25, 0.3) is 0 Å². The second-order valence-corrected chi connectivity index (χ2v) is 5.15. The second kappa shape index (κ2) is 3.32. The van der Waals surface area contributed by atoms with E-state index in [-0.39, 0.29) is 11.2 Å². The van der Waals surface area contributed by atoms with Crippen molar-refractivity contribution < 1.29 is 12.3 Å². The highest BCUT2D eigenvalue weighted by molar-refractivity contribution is 7.86. The van der Waals surface area contributed by atoms with E-state index < -0.39 is 10.2 Å². The monoisotopic (exact) mass is 194 g/mol. The molecular formula is C8H15FO2S. The van der Waals surface area contributed by atoms with Crippen LogP contribution in [0.15, 0.2) is 0 Å². The molecule has 4 heteroatoms. The highest BCUT2D eigenvalue weighted by Crippen LogP contribution is 2.45. The third-order valence-electron chi connectivity index (χ3n) is 2.67. The van der Waals surface area contributed by atoms with Gasteiger partial charge < -0.3 is 0 Å². The third kappa shape index (κ3) is 2.44. The molecule has 0 aromatic rings. The standard InChI is InChI=1S/C8H15FO2S/c1-2-4-8(5-3-6-8)7-12(9,10)11/h2-7H2,1H3. The van der Waals surface area contributed by atoms with Crippen molar-refractivity contribution in [3.63, 3.8) is 0 Å². The van der Waals surface area contributed by atoms with Crippen LogP contribution in [0, 0.1) is 5.41 Å². The summed E-state index contributed by atoms with van der Waals surface area (Å²) in [7, 11) is -4.26. The van der Waals surface area contributed by atoms with Crippen LogP contribution >= 0.6 is 0 Å². The van der Waals surface area contributed by atoms with Gasteiger partial charge in [0.25, 0.3) is 0 Å². The van der Waals surface area contributed by atoms with Gasteiger partial charge in [-0.25, -0.2) is 0 Å². The van der Waals surface area contributed by atoms with Crippen LogP contribution in [-0.2, 0) is 10.2 Å². The predicted molar refractivity (Wildman–Crippen MR) is 46.1 cm³/mol. The number of rotatable bonds is 4. The van der Waals surface area contributed by atoms with Crippen LogP contribution in [-0.4, -0.2) is 14.2 Å². The number of hydrogen-bond donors (Lipinski definition) is 0. The van der Waals surface area contributed by atoms with Crippen LogP contribution < -0.4 is 0 Å². The fourth-order valence-corrected chi connectivity index (χ4v) is 3.20. The predicted octanol–water partition coefficient (Wildman–Crippen LogP) is 2.26. The van der Waals surface area contributed by atoms with Crippen LogP contribution in [0.5, 0.6) is 0 Å². The Morgan fingerprint density at radius 3 is 2.25 bits per heavy atom. The first-order valence-corrected chi connectivity index (χ1v) is 5.95. The van der Waals surface area contributed by atoms with Crippen molar-refractivity contribution in [2.75, 3.05) is 5.75 Å². The zero-order valence-corrected chi connectivity index (χ0v) is 8.16. The molecule has 0 aliphatic heterocycles. The molecule has 1 saturated carbocycles. The van der Waals surface area contributed by atoms with Gasteiger partial charge in [-0.2, -0.15) is 8.42 Å². The molecule has 0 aromatic carbocycles. The molecule has 0 N–H and O–H groups in total. The van der Waals surface area contributed by atoms with E-state index in [1.807, 2.05) is 6.92 Å². The van der Waals surface area contributed by atoms with E-state index in [9.17, 15) is 12.3 Å². The molecule has 0 radical (unpaired) electrons. The van der Waals surface area contributed by atoms with Crippen molar-refractivity contribution in [1.82, 2.24) is 0 Å². The molecule has 12 heavy (non-hydrogen) atoms. The normalized spacial score (nSPS) is 21.8. The summed E-state index contributed by atoms with van der Waals surface area (Å²) in [5.74, 6) is -0.256. The molecular weight excluding hydrogens is 179 g/mol. The number of halogens is 1. The molecule has 0 saturated heterocycles. The highest BCUT2D eigenvalue weighted by atomic mass is 32.3. The van der Waals surface area contributed by atoms with Gasteiger partial charge in [0.1, 0.15) is 0 Å². The highest BCUT2D eigenvalue weighted by Gasteiger charge is 2.39. The Bertz CT molecular complexity index is 242. The van der Waals surface area contributed by atoms with Crippen molar-refractivity contribution in [1.29, 1.82) is 0 Å². The summed E-state index contributed by atoms with van der Waals surface area (Å²) in [4.78, 5) is 0. The molecule has 0 spiro atoms. The van der Waals surface area contributed by atoms with Gasteiger partial charge in [-0.05, 0) is 24.7 Å². The molecule has 2 nitrogen and oxygen atoms in total. The fraction of sp³-hybridized carbons (Fsp3) is 1.00. The SMILES string of the molecule is CCCC1(CS(=O)(=O)F)CCC1. The zero-order valence-electron chi connectivity index (χ0n) is 7.35. The van der Waals surface area contributed by atoms with Crippen LogP contribution in [0.2, 0.25) is 0 Å². The summed E-state index contributed by atoms with van der Waals surface area (Å²) in [6.07, 6.45) is 4.59. The van der Waals surface area contributed by atoms with Crippen molar-refractivity contribution in [3.05, 3.63) is 0 Å². The zero-order chi connectivity index (χ0) is 9.24. The van der Waals surface area contributed by atoms with E-state index >= 15 is 0 Å². The maximum absolute atomic E-state index is 12.4. The Balaban J connectivity index is 2.56. The quantitative estimate of drug-likeness (QED) is 0.643. The van der Waals surface area contributed by atoms with Crippen LogP contribution in [0.3, 0.4) is 0 Å². The molecule has 1 rings (SSSR count). The first-order chi connectivity index (χ1) is 5.47. The fourth-order valence-electron chi connectivity index (χ4n) is 2.04. The van der Waals surface area contributed by atoms with Gasteiger partial charge >= 0.3 is 10.2 Å². The molecule has 0 bridgehead atoms. The first-order valence-electron chi connectivity index (χ1n) is 4.40. The van der Waals surface area contributed by atoms with Gasteiger partial charge in [0, 0.05) is 0 Å². The van der Waals surface area contributed by atoms with Gasteiger partial charge in [-0.3, -0.25) is 0 Å². The molecule has 72 valence electrons. The smallest absolute Gasteiger partial charge is 0.195 e. The molecule has 0 amide bonds. The molecule has 0 aromatic heterocycles. The Labute approximate surface area is 73.4 Å². The van der Waals surface area contributed by atoms with Crippen molar-refractivity contribution in [2.24, 2.45) is 5.41 Å². The van der Waals surface area contributed by atoms with Gasteiger partial charge in [-0.15, -0.1) is 3.89 Å². The minimum Gasteiger partial charge on any atom is -0.195 e. The van der Waals surface area contributed by atoms with Gasteiger partial charge in [0.05, 0.1) is 5.75 Å². The van der Waals surface area contributed by atoms with Gasteiger partial charge in [0.2, 0.25) is 0 Å². The largest absolute Gasteiger partial charge is 0.302 e. The van der Waals surface area contributed by atoms with Gasteiger partial charge in [0.15, 0.2) is 0 Å². The Hall–Kier alpha value is -0.120. The first kappa shape index (κ1) is 9.96. The lowest BCUT2D eigenvalue weighted by Gasteiger charge is -2.40. The second-order valence-electron chi connectivity index (χ2n) is 3.79. The Morgan fingerprint density at radius 1 is 1.42 bits per heavy atom. The molecule has 0 unspecified atom stereocenters. The summed E-state index contributed by atoms with van der Waals surface area (Å²) < 4.78 is 33.3. The van der Waals surface area contributed by atoms with E-state index in [0.717, 1.165) is 32.1 Å². The molecule has 0 atom stereocenters. The average molecular weight is 194 g/mol. The van der Waals surface area contributed by atoms with Crippen molar-refractivity contribution >= 4 is 10.2 Å². The minimum atomic E-state index is -4.26. The molecule has 1 aliphatic rings. The lowest BCUT2D eigenvalue weighted by molar-refractivity contribution is 0.147. The molecule has 1 aliphatic carbocycles. The van der Waals surface area contributed by atoms with Crippen molar-refractivity contribution in [2.45, 2.75) is 39.0 Å². The van der Waals surface area contributed by atoms with Crippen molar-refractivity contribution in [3.8, 4) is 0 Å².